The standard InChI is InChI=1S/C35H49N5O3S/c1-35(2,36)19-11-16-32(41)39(5)31(24-26-17-18-27-13-7-8-14-28(27)23-26)34(43)40(6)30(25-29-15-12-22-44-29)33(42)37-20-9-10-21-38(3)4/h7-8,11-18,22-23,30-31H,9-10,19-21,24-25,36H2,1-6H3,(H,37,42)/t30-,31-/m1/s1. The number of unbranched alkanes of at least 4 members (excludes halogenated alkanes) is 1. The van der Waals surface area contributed by atoms with E-state index in [4.69, 9.17) is 5.73 Å². The highest BCUT2D eigenvalue weighted by Gasteiger charge is 2.35. The molecule has 44 heavy (non-hydrogen) atoms. The first kappa shape index (κ1) is 35.0. The molecule has 9 heteroatoms. The van der Waals surface area contributed by atoms with Crippen molar-refractivity contribution in [2.24, 2.45) is 5.73 Å². The van der Waals surface area contributed by atoms with Gasteiger partial charge in [0.05, 0.1) is 0 Å². The summed E-state index contributed by atoms with van der Waals surface area (Å²) in [6, 6.07) is 16.5. The average Bonchev–Trinajstić information content (AvgIpc) is 3.50. The van der Waals surface area contributed by atoms with Crippen LogP contribution in [0.25, 0.3) is 10.8 Å². The number of carbonyl (C=O) groups is 3. The minimum atomic E-state index is -0.817. The van der Waals surface area contributed by atoms with Crippen LogP contribution in [0.1, 0.15) is 43.6 Å². The first-order valence-corrected chi connectivity index (χ1v) is 16.1. The van der Waals surface area contributed by atoms with Gasteiger partial charge in [0.15, 0.2) is 0 Å². The van der Waals surface area contributed by atoms with E-state index in [1.54, 1.807) is 31.5 Å². The largest absolute Gasteiger partial charge is 0.354 e. The molecule has 2 aromatic carbocycles. The van der Waals surface area contributed by atoms with Gasteiger partial charge in [-0.15, -0.1) is 11.3 Å². The fourth-order valence-electron chi connectivity index (χ4n) is 5.01. The molecule has 3 amide bonds. The molecule has 0 bridgehead atoms. The van der Waals surface area contributed by atoms with Crippen LogP contribution in [-0.4, -0.2) is 91.3 Å². The van der Waals surface area contributed by atoms with E-state index in [-0.39, 0.29) is 17.7 Å². The normalized spacial score (nSPS) is 13.3. The van der Waals surface area contributed by atoms with Crippen molar-refractivity contribution >= 4 is 39.8 Å². The minimum Gasteiger partial charge on any atom is -0.354 e. The maximum atomic E-state index is 14.3. The zero-order chi connectivity index (χ0) is 32.3. The Hall–Kier alpha value is -3.53. The average molecular weight is 620 g/mol. The van der Waals surface area contributed by atoms with Gasteiger partial charge in [-0.25, -0.2) is 0 Å². The molecule has 3 rings (SSSR count). The lowest BCUT2D eigenvalue weighted by Gasteiger charge is -2.34. The van der Waals surface area contributed by atoms with E-state index in [9.17, 15) is 14.4 Å². The van der Waals surface area contributed by atoms with Crippen LogP contribution in [0.2, 0.25) is 0 Å². The van der Waals surface area contributed by atoms with Gasteiger partial charge in [0.1, 0.15) is 12.1 Å². The van der Waals surface area contributed by atoms with Crippen LogP contribution < -0.4 is 11.1 Å². The summed E-state index contributed by atoms with van der Waals surface area (Å²) in [7, 11) is 7.38. The van der Waals surface area contributed by atoms with Crippen LogP contribution in [-0.2, 0) is 27.2 Å². The molecule has 0 aliphatic carbocycles. The van der Waals surface area contributed by atoms with Crippen LogP contribution in [0.3, 0.4) is 0 Å². The molecule has 3 N–H and O–H groups in total. The SMILES string of the molecule is CN(C)CCCCNC(=O)[C@@H](Cc1cccs1)N(C)C(=O)[C@@H](Cc1ccc2ccccc2c1)N(C)C(=O)C=CCC(C)(C)N. The highest BCUT2D eigenvalue weighted by Crippen LogP contribution is 2.21. The van der Waals surface area contributed by atoms with Gasteiger partial charge in [-0.2, -0.15) is 0 Å². The molecule has 0 fully saturated rings. The fraction of sp³-hybridized carbons (Fsp3) is 0.457. The number of rotatable bonds is 16. The number of fused-ring (bicyclic) bond motifs is 1. The summed E-state index contributed by atoms with van der Waals surface area (Å²) in [5.74, 6) is -0.768. The molecule has 0 spiro atoms. The molecule has 3 aromatic rings. The number of likely N-dealkylation sites (N-methyl/N-ethyl adjacent to an activating group) is 2. The summed E-state index contributed by atoms with van der Waals surface area (Å²) in [5, 5.41) is 7.19. The van der Waals surface area contributed by atoms with Crippen LogP contribution in [0.5, 0.6) is 0 Å². The third-order valence-corrected chi connectivity index (χ3v) is 8.57. The third kappa shape index (κ3) is 10.9. The number of amides is 3. The number of nitrogens with two attached hydrogens (primary N) is 1. The molecule has 0 radical (unpaired) electrons. The van der Waals surface area contributed by atoms with Gasteiger partial charge in [-0.1, -0.05) is 54.6 Å². The van der Waals surface area contributed by atoms with E-state index < -0.39 is 17.6 Å². The Morgan fingerprint density at radius 2 is 1.64 bits per heavy atom. The zero-order valence-corrected chi connectivity index (χ0v) is 27.9. The van der Waals surface area contributed by atoms with Crippen LogP contribution in [0.15, 0.2) is 72.1 Å². The molecule has 8 nitrogen and oxygen atoms in total. The van der Waals surface area contributed by atoms with E-state index in [1.165, 1.54) is 15.9 Å². The Balaban J connectivity index is 1.87. The molecule has 0 aliphatic rings. The van der Waals surface area contributed by atoms with Crippen LogP contribution in [0, 0.1) is 0 Å². The Kier molecular flexibility index (Phi) is 13.1. The van der Waals surface area contributed by atoms with Gasteiger partial charge >= 0.3 is 0 Å². The van der Waals surface area contributed by atoms with Crippen molar-refractivity contribution in [3.05, 3.63) is 82.6 Å². The van der Waals surface area contributed by atoms with E-state index >= 15 is 0 Å². The summed E-state index contributed by atoms with van der Waals surface area (Å²) in [5.41, 5.74) is 6.58. The summed E-state index contributed by atoms with van der Waals surface area (Å²) in [6.07, 6.45) is 6.28. The molecule has 1 aromatic heterocycles. The molecule has 0 unspecified atom stereocenters. The highest BCUT2D eigenvalue weighted by molar-refractivity contribution is 7.09. The summed E-state index contributed by atoms with van der Waals surface area (Å²) < 4.78 is 0. The number of hydrogen-bond donors (Lipinski definition) is 2. The van der Waals surface area contributed by atoms with Crippen molar-refractivity contribution < 1.29 is 14.4 Å². The quantitative estimate of drug-likeness (QED) is 0.182. The van der Waals surface area contributed by atoms with Crippen molar-refractivity contribution in [3.8, 4) is 0 Å². The second kappa shape index (κ2) is 16.5. The van der Waals surface area contributed by atoms with Gasteiger partial charge < -0.3 is 25.8 Å². The predicted molar refractivity (Wildman–Crippen MR) is 182 cm³/mol. The second-order valence-electron chi connectivity index (χ2n) is 12.5. The smallest absolute Gasteiger partial charge is 0.246 e. The molecule has 238 valence electrons. The minimum absolute atomic E-state index is 0.192. The van der Waals surface area contributed by atoms with Gasteiger partial charge in [0, 0.05) is 43.9 Å². The van der Waals surface area contributed by atoms with E-state index in [0.29, 0.717) is 25.8 Å². The van der Waals surface area contributed by atoms with E-state index in [2.05, 4.69) is 16.3 Å². The van der Waals surface area contributed by atoms with Crippen molar-refractivity contribution in [1.29, 1.82) is 0 Å². The van der Waals surface area contributed by atoms with E-state index in [0.717, 1.165) is 40.6 Å². The lowest BCUT2D eigenvalue weighted by molar-refractivity contribution is -0.146. The molecule has 0 saturated heterocycles. The zero-order valence-electron chi connectivity index (χ0n) is 27.1. The number of nitrogens with zero attached hydrogens (tertiary/aromatic N) is 3. The Bertz CT molecular complexity index is 1400. The monoisotopic (exact) mass is 619 g/mol. The van der Waals surface area contributed by atoms with Gasteiger partial charge in [-0.3, -0.25) is 14.4 Å². The summed E-state index contributed by atoms with van der Waals surface area (Å²) >= 11 is 1.56. The highest BCUT2D eigenvalue weighted by atomic mass is 32.1. The molecule has 0 aliphatic heterocycles. The molecule has 1 heterocycles. The van der Waals surface area contributed by atoms with Crippen molar-refractivity contribution in [3.63, 3.8) is 0 Å². The van der Waals surface area contributed by atoms with Crippen LogP contribution >= 0.6 is 11.3 Å². The van der Waals surface area contributed by atoms with Gasteiger partial charge in [0.25, 0.3) is 0 Å². The van der Waals surface area contributed by atoms with Gasteiger partial charge in [-0.05, 0) is 87.6 Å². The topological polar surface area (TPSA) is 99.0 Å². The van der Waals surface area contributed by atoms with Gasteiger partial charge in [0.2, 0.25) is 17.7 Å². The number of benzene rings is 2. The van der Waals surface area contributed by atoms with Crippen molar-refractivity contribution in [2.75, 3.05) is 41.3 Å². The summed E-state index contributed by atoms with van der Waals surface area (Å²) in [6.45, 7) is 5.28. The Labute approximate surface area is 266 Å². The van der Waals surface area contributed by atoms with E-state index in [1.807, 2.05) is 81.9 Å². The van der Waals surface area contributed by atoms with Crippen molar-refractivity contribution in [1.82, 2.24) is 20.0 Å². The summed E-state index contributed by atoms with van der Waals surface area (Å²) in [4.78, 5) is 47.4. The number of nitrogens with one attached hydrogen (secondary N) is 1. The number of hydrogen-bond acceptors (Lipinski definition) is 6. The lowest BCUT2D eigenvalue weighted by atomic mass is 9.99. The Morgan fingerprint density at radius 1 is 0.909 bits per heavy atom. The second-order valence-corrected chi connectivity index (χ2v) is 13.5. The predicted octanol–water partition coefficient (Wildman–Crippen LogP) is 4.48. The Morgan fingerprint density at radius 3 is 2.30 bits per heavy atom. The number of carbonyl (C=O) groups excluding carboxylic acids is 3. The lowest BCUT2D eigenvalue weighted by Crippen LogP contribution is -2.56. The number of thiophene rings is 1. The van der Waals surface area contributed by atoms with Crippen molar-refractivity contribution in [2.45, 2.75) is 63.6 Å². The fourth-order valence-corrected chi connectivity index (χ4v) is 5.75. The first-order valence-electron chi connectivity index (χ1n) is 15.3. The van der Waals surface area contributed by atoms with Crippen LogP contribution in [0.4, 0.5) is 0 Å². The maximum absolute atomic E-state index is 14.3. The maximum Gasteiger partial charge on any atom is 0.246 e. The molecule has 2 atom stereocenters. The molecular formula is C35H49N5O3S. The third-order valence-electron chi connectivity index (χ3n) is 7.67. The first-order chi connectivity index (χ1) is 20.9. The molecule has 0 saturated carbocycles. The molecular weight excluding hydrogens is 570 g/mol.